The molecule has 1 aliphatic heterocycles. The van der Waals surface area contributed by atoms with E-state index < -0.39 is 5.91 Å². The number of methoxy groups -OCH3 is 1. The Morgan fingerprint density at radius 1 is 1.03 bits per heavy atom. The lowest BCUT2D eigenvalue weighted by Crippen LogP contribution is -2.22. The molecule has 2 aromatic heterocycles. The molecule has 0 radical (unpaired) electrons. The number of hydrogen-bond donors (Lipinski definition) is 1. The minimum atomic E-state index is -0.390. The number of carbonyl (C=O) groups excluding carboxylic acids is 2. The number of nitrogens with one attached hydrogen (secondary N) is 1. The molecule has 1 N–H and O–H groups in total. The van der Waals surface area contributed by atoms with E-state index >= 15 is 0 Å². The van der Waals surface area contributed by atoms with E-state index in [1.807, 2.05) is 35.2 Å². The Morgan fingerprint density at radius 2 is 1.82 bits per heavy atom. The van der Waals surface area contributed by atoms with Crippen LogP contribution in [0.15, 0.2) is 71.9 Å². The largest absolute Gasteiger partial charge is 0.497 e. The third-order valence-corrected chi connectivity index (χ3v) is 6.29. The van der Waals surface area contributed by atoms with Crippen LogP contribution < -0.4 is 10.1 Å². The van der Waals surface area contributed by atoms with Gasteiger partial charge in [0.05, 0.1) is 24.6 Å². The van der Waals surface area contributed by atoms with E-state index in [2.05, 4.69) is 30.8 Å². The maximum atomic E-state index is 12.9. The Kier molecular flexibility index (Phi) is 5.60. The number of amides is 2. The number of imide groups is 1. The first-order valence-electron chi connectivity index (χ1n) is 10.5. The van der Waals surface area contributed by atoms with Crippen molar-refractivity contribution in [3.05, 3.63) is 83.0 Å². The zero-order valence-electron chi connectivity index (χ0n) is 17.9. The Morgan fingerprint density at radius 3 is 2.55 bits per heavy atom. The number of aromatic nitrogens is 3. The smallest absolute Gasteiger partial charge is 0.259 e. The summed E-state index contributed by atoms with van der Waals surface area (Å²) in [5.41, 5.74) is 3.19. The SMILES string of the molecule is COc1ccc(C2=C(c3cn(CCCn4ccnc4)c4cc(Br)ccc34)C(=O)NC2=O)cc1. The summed E-state index contributed by atoms with van der Waals surface area (Å²) >= 11 is 3.56. The molecule has 5 rings (SSSR count). The maximum absolute atomic E-state index is 12.9. The van der Waals surface area contributed by atoms with Crippen LogP contribution in [0.1, 0.15) is 17.5 Å². The third-order valence-electron chi connectivity index (χ3n) is 5.80. The quantitative estimate of drug-likeness (QED) is 0.381. The van der Waals surface area contributed by atoms with Crippen molar-refractivity contribution >= 4 is 49.8 Å². The zero-order chi connectivity index (χ0) is 22.9. The van der Waals surface area contributed by atoms with Gasteiger partial charge in [0.1, 0.15) is 5.75 Å². The van der Waals surface area contributed by atoms with Crippen LogP contribution in [0.2, 0.25) is 0 Å². The van der Waals surface area contributed by atoms with Crippen LogP contribution in [-0.2, 0) is 22.7 Å². The van der Waals surface area contributed by atoms with E-state index in [4.69, 9.17) is 4.74 Å². The van der Waals surface area contributed by atoms with Crippen LogP contribution >= 0.6 is 15.9 Å². The first-order chi connectivity index (χ1) is 16.0. The molecule has 4 aromatic rings. The van der Waals surface area contributed by atoms with Gasteiger partial charge in [-0.15, -0.1) is 0 Å². The molecule has 8 heteroatoms. The Bertz CT molecular complexity index is 1390. The van der Waals surface area contributed by atoms with Gasteiger partial charge in [0.15, 0.2) is 0 Å². The lowest BCUT2D eigenvalue weighted by atomic mass is 9.96. The summed E-state index contributed by atoms with van der Waals surface area (Å²) in [4.78, 5) is 29.8. The predicted octanol–water partition coefficient (Wildman–Crippen LogP) is 4.27. The first-order valence-corrected chi connectivity index (χ1v) is 11.3. The minimum absolute atomic E-state index is 0.378. The van der Waals surface area contributed by atoms with Gasteiger partial charge in [-0.25, -0.2) is 4.98 Å². The molecular formula is C25H21BrN4O3. The molecule has 3 heterocycles. The molecule has 0 saturated carbocycles. The molecule has 2 amide bonds. The van der Waals surface area contributed by atoms with Crippen molar-refractivity contribution in [3.63, 3.8) is 0 Å². The van der Waals surface area contributed by atoms with Gasteiger partial charge in [0, 0.05) is 52.6 Å². The number of imidazole rings is 1. The van der Waals surface area contributed by atoms with Crippen molar-refractivity contribution in [1.82, 2.24) is 19.4 Å². The summed E-state index contributed by atoms with van der Waals surface area (Å²) in [7, 11) is 1.59. The van der Waals surface area contributed by atoms with Crippen LogP contribution in [0.5, 0.6) is 5.75 Å². The Labute approximate surface area is 198 Å². The number of fused-ring (bicyclic) bond motifs is 1. The summed E-state index contributed by atoms with van der Waals surface area (Å²) in [6.45, 7) is 1.59. The molecule has 0 bridgehead atoms. The van der Waals surface area contributed by atoms with Crippen LogP contribution in [0.4, 0.5) is 0 Å². The minimum Gasteiger partial charge on any atom is -0.497 e. The van der Waals surface area contributed by atoms with Crippen molar-refractivity contribution in [2.24, 2.45) is 0 Å². The van der Waals surface area contributed by atoms with Crippen molar-refractivity contribution in [2.45, 2.75) is 19.5 Å². The van der Waals surface area contributed by atoms with Gasteiger partial charge in [0.25, 0.3) is 11.8 Å². The van der Waals surface area contributed by atoms with E-state index in [9.17, 15) is 9.59 Å². The zero-order valence-corrected chi connectivity index (χ0v) is 19.5. The molecular weight excluding hydrogens is 484 g/mol. The summed E-state index contributed by atoms with van der Waals surface area (Å²) in [5, 5.41) is 3.40. The number of halogens is 1. The van der Waals surface area contributed by atoms with Gasteiger partial charge < -0.3 is 13.9 Å². The highest BCUT2D eigenvalue weighted by Gasteiger charge is 2.33. The van der Waals surface area contributed by atoms with Crippen molar-refractivity contribution < 1.29 is 14.3 Å². The maximum Gasteiger partial charge on any atom is 0.259 e. The summed E-state index contributed by atoms with van der Waals surface area (Å²) in [5.74, 6) is -0.0885. The van der Waals surface area contributed by atoms with Gasteiger partial charge >= 0.3 is 0 Å². The first kappa shape index (κ1) is 21.2. The predicted molar refractivity (Wildman–Crippen MR) is 129 cm³/mol. The number of ether oxygens (including phenoxy) is 1. The number of hydrogen-bond acceptors (Lipinski definition) is 4. The van der Waals surface area contributed by atoms with E-state index in [-0.39, 0.29) is 5.91 Å². The number of rotatable bonds is 7. The number of aryl methyl sites for hydroxylation is 2. The highest BCUT2D eigenvalue weighted by atomic mass is 79.9. The molecule has 166 valence electrons. The average molecular weight is 505 g/mol. The Balaban J connectivity index is 1.60. The number of carbonyl (C=O) groups is 2. The molecule has 7 nitrogen and oxygen atoms in total. The summed E-state index contributed by atoms with van der Waals surface area (Å²) in [6, 6.07) is 13.1. The van der Waals surface area contributed by atoms with Crippen LogP contribution in [0.25, 0.3) is 22.0 Å². The second-order valence-corrected chi connectivity index (χ2v) is 8.73. The van der Waals surface area contributed by atoms with Gasteiger partial charge in [0.2, 0.25) is 0 Å². The monoisotopic (exact) mass is 504 g/mol. The summed E-state index contributed by atoms with van der Waals surface area (Å²) in [6.07, 6.45) is 8.37. The molecule has 0 saturated heterocycles. The molecule has 0 aliphatic carbocycles. The fourth-order valence-electron chi connectivity index (χ4n) is 4.24. The van der Waals surface area contributed by atoms with E-state index in [0.29, 0.717) is 22.5 Å². The van der Waals surface area contributed by atoms with E-state index in [0.717, 1.165) is 40.4 Å². The summed E-state index contributed by atoms with van der Waals surface area (Å²) < 4.78 is 10.4. The topological polar surface area (TPSA) is 78.2 Å². The Hall–Kier alpha value is -3.65. The number of benzene rings is 2. The van der Waals surface area contributed by atoms with Crippen LogP contribution in [0, 0.1) is 0 Å². The normalized spacial score (nSPS) is 13.8. The molecule has 0 atom stereocenters. The van der Waals surface area contributed by atoms with Crippen molar-refractivity contribution in [1.29, 1.82) is 0 Å². The van der Waals surface area contributed by atoms with Gasteiger partial charge in [-0.3, -0.25) is 14.9 Å². The fraction of sp³-hybridized carbons (Fsp3) is 0.160. The molecule has 0 spiro atoms. The lowest BCUT2D eigenvalue weighted by molar-refractivity contribution is -0.122. The second kappa shape index (κ2) is 8.71. The molecule has 2 aromatic carbocycles. The highest BCUT2D eigenvalue weighted by Crippen LogP contribution is 2.37. The molecule has 0 unspecified atom stereocenters. The van der Waals surface area contributed by atoms with E-state index in [1.165, 1.54) is 0 Å². The van der Waals surface area contributed by atoms with E-state index in [1.54, 1.807) is 43.9 Å². The third kappa shape index (κ3) is 3.98. The lowest BCUT2D eigenvalue weighted by Gasteiger charge is -2.06. The molecule has 1 aliphatic rings. The fourth-order valence-corrected chi connectivity index (χ4v) is 4.59. The second-order valence-electron chi connectivity index (χ2n) is 7.81. The standard InChI is InChI=1S/C25H21BrN4O3/c1-33-18-6-3-16(4-7-18)22-23(25(32)28-24(22)31)20-14-30(11-2-10-29-12-9-27-15-29)21-13-17(26)5-8-19(20)21/h3-9,12-15H,2,10-11H2,1H3,(H,28,31,32). The molecule has 33 heavy (non-hydrogen) atoms. The van der Waals surface area contributed by atoms with Crippen molar-refractivity contribution in [3.8, 4) is 5.75 Å². The van der Waals surface area contributed by atoms with Gasteiger partial charge in [-0.2, -0.15) is 0 Å². The highest BCUT2D eigenvalue weighted by molar-refractivity contribution is 9.10. The van der Waals surface area contributed by atoms with Gasteiger partial charge in [-0.05, 0) is 36.2 Å². The van der Waals surface area contributed by atoms with Crippen molar-refractivity contribution in [2.75, 3.05) is 7.11 Å². The van der Waals surface area contributed by atoms with Gasteiger partial charge in [-0.1, -0.05) is 34.1 Å². The number of nitrogens with zero attached hydrogens (tertiary/aromatic N) is 3. The van der Waals surface area contributed by atoms with Crippen LogP contribution in [-0.4, -0.2) is 33.0 Å². The average Bonchev–Trinajstić information content (AvgIpc) is 3.52. The van der Waals surface area contributed by atoms with Crippen LogP contribution in [0.3, 0.4) is 0 Å². The molecule has 0 fully saturated rings.